The number of sulfonamides is 1. The highest BCUT2D eigenvalue weighted by Crippen LogP contribution is 2.29. The fraction of sp³-hybridized carbons (Fsp3) is 0.458. The molecule has 1 amide bonds. The SMILES string of the molecule is CCN(CC)S(=O)(=O)c1ccc(CCC(=O)N2CCC(c3ccc(OC)cc3)C2)cc1. The van der Waals surface area contributed by atoms with E-state index in [0.717, 1.165) is 30.8 Å². The smallest absolute Gasteiger partial charge is 0.243 e. The van der Waals surface area contributed by atoms with E-state index in [0.29, 0.717) is 36.7 Å². The first-order chi connectivity index (χ1) is 14.9. The van der Waals surface area contributed by atoms with Crippen molar-refractivity contribution in [2.75, 3.05) is 33.3 Å². The Morgan fingerprint density at radius 3 is 2.29 bits per heavy atom. The number of methoxy groups -OCH3 is 1. The monoisotopic (exact) mass is 444 g/mol. The van der Waals surface area contributed by atoms with Crippen molar-refractivity contribution in [3.05, 3.63) is 59.7 Å². The first kappa shape index (κ1) is 23.3. The highest BCUT2D eigenvalue weighted by Gasteiger charge is 2.27. The first-order valence-electron chi connectivity index (χ1n) is 10.9. The predicted octanol–water partition coefficient (Wildman–Crippen LogP) is 3.67. The summed E-state index contributed by atoms with van der Waals surface area (Å²) in [7, 11) is -1.79. The number of carbonyl (C=O) groups excluding carboxylic acids is 1. The number of nitrogens with zero attached hydrogens (tertiary/aromatic N) is 2. The summed E-state index contributed by atoms with van der Waals surface area (Å²) < 4.78 is 31.8. The summed E-state index contributed by atoms with van der Waals surface area (Å²) in [5.74, 6) is 1.35. The van der Waals surface area contributed by atoms with Gasteiger partial charge in [-0.1, -0.05) is 38.1 Å². The van der Waals surface area contributed by atoms with Gasteiger partial charge in [0.05, 0.1) is 12.0 Å². The molecule has 0 aromatic heterocycles. The van der Waals surface area contributed by atoms with Crippen molar-refractivity contribution >= 4 is 15.9 Å². The summed E-state index contributed by atoms with van der Waals surface area (Å²) in [6, 6.07) is 15.0. The zero-order chi connectivity index (χ0) is 22.4. The largest absolute Gasteiger partial charge is 0.497 e. The molecular formula is C24H32N2O4S. The number of likely N-dealkylation sites (tertiary alicyclic amines) is 1. The molecule has 0 spiro atoms. The van der Waals surface area contributed by atoms with E-state index in [1.807, 2.05) is 43.0 Å². The van der Waals surface area contributed by atoms with E-state index in [1.54, 1.807) is 19.2 Å². The van der Waals surface area contributed by atoms with Crippen LogP contribution in [0, 0.1) is 0 Å². The molecule has 2 aromatic carbocycles. The number of hydrogen-bond donors (Lipinski definition) is 0. The van der Waals surface area contributed by atoms with Gasteiger partial charge in [-0.3, -0.25) is 4.79 Å². The standard InChI is InChI=1S/C24H32N2O4S/c1-4-26(5-2)31(28,29)23-13-6-19(7-14-23)8-15-24(27)25-17-16-21(18-25)20-9-11-22(30-3)12-10-20/h6-7,9-14,21H,4-5,8,15-18H2,1-3H3. The quantitative estimate of drug-likeness (QED) is 0.592. The van der Waals surface area contributed by atoms with Gasteiger partial charge in [-0.15, -0.1) is 0 Å². The summed E-state index contributed by atoms with van der Waals surface area (Å²) in [5, 5.41) is 0. The highest BCUT2D eigenvalue weighted by atomic mass is 32.2. The molecular weight excluding hydrogens is 412 g/mol. The lowest BCUT2D eigenvalue weighted by atomic mass is 9.98. The van der Waals surface area contributed by atoms with Crippen LogP contribution < -0.4 is 4.74 Å². The van der Waals surface area contributed by atoms with E-state index in [1.165, 1.54) is 9.87 Å². The Morgan fingerprint density at radius 1 is 1.06 bits per heavy atom. The van der Waals surface area contributed by atoms with Crippen molar-refractivity contribution in [3.8, 4) is 5.75 Å². The number of carbonyl (C=O) groups is 1. The van der Waals surface area contributed by atoms with Gasteiger partial charge in [0.1, 0.15) is 5.75 Å². The van der Waals surface area contributed by atoms with Gasteiger partial charge >= 0.3 is 0 Å². The van der Waals surface area contributed by atoms with Crippen LogP contribution >= 0.6 is 0 Å². The molecule has 3 rings (SSSR count). The van der Waals surface area contributed by atoms with Crippen molar-refractivity contribution in [3.63, 3.8) is 0 Å². The van der Waals surface area contributed by atoms with Crippen LogP contribution in [0.5, 0.6) is 5.75 Å². The third kappa shape index (κ3) is 5.46. The molecule has 6 nitrogen and oxygen atoms in total. The number of hydrogen-bond acceptors (Lipinski definition) is 4. The molecule has 0 aliphatic carbocycles. The van der Waals surface area contributed by atoms with Gasteiger partial charge in [-0.25, -0.2) is 8.42 Å². The van der Waals surface area contributed by atoms with Crippen molar-refractivity contribution in [2.24, 2.45) is 0 Å². The highest BCUT2D eigenvalue weighted by molar-refractivity contribution is 7.89. The minimum Gasteiger partial charge on any atom is -0.497 e. The molecule has 1 aliphatic rings. The van der Waals surface area contributed by atoms with Crippen molar-refractivity contribution in [2.45, 2.75) is 43.9 Å². The zero-order valence-electron chi connectivity index (χ0n) is 18.6. The summed E-state index contributed by atoms with van der Waals surface area (Å²) in [6.07, 6.45) is 2.00. The van der Waals surface area contributed by atoms with Crippen LogP contribution in [0.2, 0.25) is 0 Å². The van der Waals surface area contributed by atoms with E-state index >= 15 is 0 Å². The van der Waals surface area contributed by atoms with Crippen molar-refractivity contribution in [1.29, 1.82) is 0 Å². The van der Waals surface area contributed by atoms with Crippen LogP contribution in [-0.4, -0.2) is 56.8 Å². The Labute approximate surface area is 185 Å². The van der Waals surface area contributed by atoms with E-state index < -0.39 is 10.0 Å². The van der Waals surface area contributed by atoms with Crippen LogP contribution in [0.1, 0.15) is 43.7 Å². The molecule has 0 saturated carbocycles. The maximum absolute atomic E-state index is 12.7. The fourth-order valence-corrected chi connectivity index (χ4v) is 5.54. The Kier molecular flexibility index (Phi) is 7.73. The first-order valence-corrected chi connectivity index (χ1v) is 12.3. The molecule has 0 N–H and O–H groups in total. The molecule has 168 valence electrons. The van der Waals surface area contributed by atoms with Crippen LogP contribution in [0.4, 0.5) is 0 Å². The lowest BCUT2D eigenvalue weighted by molar-refractivity contribution is -0.130. The molecule has 1 fully saturated rings. The molecule has 0 bridgehead atoms. The van der Waals surface area contributed by atoms with E-state index in [9.17, 15) is 13.2 Å². The van der Waals surface area contributed by atoms with Gasteiger partial charge in [0.25, 0.3) is 0 Å². The van der Waals surface area contributed by atoms with Gasteiger partial charge in [0, 0.05) is 38.5 Å². The average molecular weight is 445 g/mol. The lowest BCUT2D eigenvalue weighted by Gasteiger charge is -2.19. The minimum atomic E-state index is -3.45. The zero-order valence-corrected chi connectivity index (χ0v) is 19.4. The third-order valence-electron chi connectivity index (χ3n) is 6.02. The third-order valence-corrected chi connectivity index (χ3v) is 8.09. The Hall–Kier alpha value is -2.38. The second-order valence-corrected chi connectivity index (χ2v) is 9.77. The summed E-state index contributed by atoms with van der Waals surface area (Å²) in [6.45, 7) is 6.07. The number of ether oxygens (including phenoxy) is 1. The van der Waals surface area contributed by atoms with E-state index in [2.05, 4.69) is 12.1 Å². The lowest BCUT2D eigenvalue weighted by Crippen LogP contribution is -2.30. The van der Waals surface area contributed by atoms with Crippen LogP contribution in [0.15, 0.2) is 53.4 Å². The van der Waals surface area contributed by atoms with E-state index in [-0.39, 0.29) is 5.91 Å². The number of rotatable bonds is 9. The Morgan fingerprint density at radius 2 is 1.71 bits per heavy atom. The molecule has 7 heteroatoms. The minimum absolute atomic E-state index is 0.149. The topological polar surface area (TPSA) is 66.9 Å². The second kappa shape index (κ2) is 10.3. The Balaban J connectivity index is 1.54. The number of amides is 1. The van der Waals surface area contributed by atoms with Gasteiger partial charge in [0.2, 0.25) is 15.9 Å². The molecule has 1 atom stereocenters. The van der Waals surface area contributed by atoms with Gasteiger partial charge in [0.15, 0.2) is 0 Å². The summed E-state index contributed by atoms with van der Waals surface area (Å²) in [5.41, 5.74) is 2.21. The predicted molar refractivity (Wildman–Crippen MR) is 122 cm³/mol. The van der Waals surface area contributed by atoms with Gasteiger partial charge < -0.3 is 9.64 Å². The van der Waals surface area contributed by atoms with E-state index in [4.69, 9.17) is 4.74 Å². The second-order valence-electron chi connectivity index (χ2n) is 7.83. The Bertz CT molecular complexity index is 968. The maximum atomic E-state index is 12.7. The maximum Gasteiger partial charge on any atom is 0.243 e. The molecule has 31 heavy (non-hydrogen) atoms. The molecule has 1 saturated heterocycles. The number of aryl methyl sites for hydroxylation is 1. The number of benzene rings is 2. The molecule has 1 aliphatic heterocycles. The fourth-order valence-electron chi connectivity index (χ4n) is 4.09. The molecule has 2 aromatic rings. The average Bonchev–Trinajstić information content (AvgIpc) is 3.29. The summed E-state index contributed by atoms with van der Waals surface area (Å²) >= 11 is 0. The van der Waals surface area contributed by atoms with Crippen LogP contribution in [0.3, 0.4) is 0 Å². The normalized spacial score (nSPS) is 16.6. The summed E-state index contributed by atoms with van der Waals surface area (Å²) in [4.78, 5) is 14.9. The van der Waals surface area contributed by atoms with Gasteiger partial charge in [-0.2, -0.15) is 4.31 Å². The molecule has 1 heterocycles. The molecule has 0 radical (unpaired) electrons. The molecule has 1 unspecified atom stereocenters. The van der Waals surface area contributed by atoms with Crippen LogP contribution in [-0.2, 0) is 21.2 Å². The van der Waals surface area contributed by atoms with Crippen LogP contribution in [0.25, 0.3) is 0 Å². The van der Waals surface area contributed by atoms with Crippen molar-refractivity contribution < 1.29 is 17.9 Å². The van der Waals surface area contributed by atoms with Gasteiger partial charge in [-0.05, 0) is 48.2 Å². The van der Waals surface area contributed by atoms with Crippen molar-refractivity contribution in [1.82, 2.24) is 9.21 Å².